The summed E-state index contributed by atoms with van der Waals surface area (Å²) in [6.07, 6.45) is 2.61. The molecule has 0 aliphatic rings. The molecule has 3 aromatic rings. The van der Waals surface area contributed by atoms with E-state index in [1.165, 1.54) is 19.7 Å². The summed E-state index contributed by atoms with van der Waals surface area (Å²) in [6, 6.07) is 8.90. The van der Waals surface area contributed by atoms with Crippen molar-refractivity contribution < 1.29 is 17.7 Å². The maximum absolute atomic E-state index is 13.7. The first-order valence-electron chi connectivity index (χ1n) is 8.05. The van der Waals surface area contributed by atoms with E-state index in [1.807, 2.05) is 0 Å². The van der Waals surface area contributed by atoms with Crippen LogP contribution in [0.1, 0.15) is 5.56 Å². The van der Waals surface area contributed by atoms with Crippen molar-refractivity contribution in [3.05, 3.63) is 59.9 Å². The zero-order chi connectivity index (χ0) is 20.3. The van der Waals surface area contributed by atoms with Crippen LogP contribution in [-0.2, 0) is 15.5 Å². The summed E-state index contributed by atoms with van der Waals surface area (Å²) in [5.41, 5.74) is 1.53. The van der Waals surface area contributed by atoms with Gasteiger partial charge in [0, 0.05) is 27.7 Å². The summed E-state index contributed by atoms with van der Waals surface area (Å²) in [5.74, 6) is -1.59. The lowest BCUT2D eigenvalue weighted by Crippen LogP contribution is -2.03. The number of hydrogen-bond donors (Lipinski definition) is 2. The molecule has 146 valence electrons. The molecule has 2 N–H and O–H groups in total. The average Bonchev–Trinajstić information content (AvgIpc) is 2.62. The van der Waals surface area contributed by atoms with Crippen molar-refractivity contribution in [1.29, 1.82) is 4.78 Å². The van der Waals surface area contributed by atoms with Crippen LogP contribution in [0.4, 0.5) is 20.4 Å². The molecule has 0 bridgehead atoms. The van der Waals surface area contributed by atoms with Crippen LogP contribution in [-0.4, -0.2) is 32.5 Å². The van der Waals surface area contributed by atoms with Gasteiger partial charge in [0.2, 0.25) is 5.95 Å². The highest BCUT2D eigenvalue weighted by Gasteiger charge is 2.15. The Morgan fingerprint density at radius 2 is 1.93 bits per heavy atom. The summed E-state index contributed by atoms with van der Waals surface area (Å²) in [5, 5.41) is 2.98. The first-order chi connectivity index (χ1) is 13.2. The first kappa shape index (κ1) is 19.6. The number of nitrogens with one attached hydrogen (secondary N) is 2. The summed E-state index contributed by atoms with van der Waals surface area (Å²) >= 11 is 0. The van der Waals surface area contributed by atoms with Crippen LogP contribution in [0.3, 0.4) is 0 Å². The van der Waals surface area contributed by atoms with Crippen LogP contribution in [0.15, 0.2) is 42.7 Å². The second-order valence-electron chi connectivity index (χ2n) is 6.07. The van der Waals surface area contributed by atoms with Gasteiger partial charge < -0.3 is 10.1 Å². The number of halogens is 2. The Balaban J connectivity index is 1.91. The summed E-state index contributed by atoms with van der Waals surface area (Å²) in [6.45, 7) is 0. The molecule has 10 heteroatoms. The Kier molecular flexibility index (Phi) is 5.50. The molecule has 28 heavy (non-hydrogen) atoms. The van der Waals surface area contributed by atoms with Crippen molar-refractivity contribution in [3.63, 3.8) is 0 Å². The van der Waals surface area contributed by atoms with E-state index in [4.69, 9.17) is 9.52 Å². The maximum Gasteiger partial charge on any atom is 0.230 e. The van der Waals surface area contributed by atoms with Crippen LogP contribution in [0, 0.1) is 16.4 Å². The molecule has 1 aromatic heterocycles. The fourth-order valence-corrected chi connectivity index (χ4v) is 3.36. The van der Waals surface area contributed by atoms with Gasteiger partial charge >= 0.3 is 0 Å². The van der Waals surface area contributed by atoms with Gasteiger partial charge in [0.25, 0.3) is 0 Å². The molecule has 1 atom stereocenters. The van der Waals surface area contributed by atoms with Crippen molar-refractivity contribution in [2.24, 2.45) is 0 Å². The van der Waals surface area contributed by atoms with Gasteiger partial charge in [-0.1, -0.05) is 12.1 Å². The molecule has 3 rings (SSSR count). The van der Waals surface area contributed by atoms with Gasteiger partial charge in [-0.25, -0.2) is 23.0 Å². The van der Waals surface area contributed by atoms with Crippen molar-refractivity contribution >= 4 is 21.4 Å². The molecule has 1 heterocycles. The highest BCUT2D eigenvalue weighted by Crippen LogP contribution is 2.30. The Morgan fingerprint density at radius 3 is 2.64 bits per heavy atom. The smallest absolute Gasteiger partial charge is 0.230 e. The number of hydrogen-bond acceptors (Lipinski definition) is 7. The second-order valence-corrected chi connectivity index (χ2v) is 8.37. The standard InChI is InChI=1S/C18H17F2N5O2S/c1-27-16-8-15(20)14(19)7-13(16)17-22-10-23-18(25-17)24-12-5-3-4-11(6-12)9-28(2,21)26/h3-8,10,21H,9H2,1-2H3,(H,22,23,24,25). The van der Waals surface area contributed by atoms with E-state index >= 15 is 0 Å². The van der Waals surface area contributed by atoms with E-state index in [0.717, 1.165) is 17.7 Å². The topological polar surface area (TPSA) is 101 Å². The fraction of sp³-hybridized carbons (Fsp3) is 0.167. The molecule has 0 amide bonds. The minimum absolute atomic E-state index is 0.0891. The van der Waals surface area contributed by atoms with Crippen LogP contribution in [0.25, 0.3) is 11.4 Å². The molecule has 7 nitrogen and oxygen atoms in total. The number of benzene rings is 2. The quantitative estimate of drug-likeness (QED) is 0.648. The molecular weight excluding hydrogens is 388 g/mol. The van der Waals surface area contributed by atoms with Crippen LogP contribution < -0.4 is 10.1 Å². The molecule has 0 radical (unpaired) electrons. The lowest BCUT2D eigenvalue weighted by atomic mass is 10.1. The second kappa shape index (κ2) is 7.85. The Hall–Kier alpha value is -3.14. The maximum atomic E-state index is 13.7. The monoisotopic (exact) mass is 405 g/mol. The summed E-state index contributed by atoms with van der Waals surface area (Å²) < 4.78 is 51.4. The summed E-state index contributed by atoms with van der Waals surface area (Å²) in [4.78, 5) is 12.3. The minimum Gasteiger partial charge on any atom is -0.496 e. The molecular formula is C18H17F2N5O2S. The van der Waals surface area contributed by atoms with E-state index in [1.54, 1.807) is 24.3 Å². The fourth-order valence-electron chi connectivity index (χ4n) is 2.54. The lowest BCUT2D eigenvalue weighted by Gasteiger charge is -2.10. The van der Waals surface area contributed by atoms with Crippen LogP contribution >= 0.6 is 0 Å². The van der Waals surface area contributed by atoms with Crippen molar-refractivity contribution in [3.8, 4) is 17.1 Å². The van der Waals surface area contributed by atoms with Gasteiger partial charge in [0.05, 0.1) is 18.4 Å². The first-order valence-corrected chi connectivity index (χ1v) is 10.2. The molecule has 1 unspecified atom stereocenters. The highest BCUT2D eigenvalue weighted by molar-refractivity contribution is 7.90. The zero-order valence-corrected chi connectivity index (χ0v) is 15.9. The Morgan fingerprint density at radius 1 is 1.18 bits per heavy atom. The molecule has 2 aromatic carbocycles. The molecule has 0 spiro atoms. The predicted octanol–water partition coefficient (Wildman–Crippen LogP) is 3.75. The number of ether oxygens (including phenoxy) is 1. The Bertz CT molecular complexity index is 1120. The number of methoxy groups -OCH3 is 1. The number of aromatic nitrogens is 3. The van der Waals surface area contributed by atoms with Gasteiger partial charge in [-0.3, -0.25) is 4.78 Å². The Labute approximate surface area is 160 Å². The van der Waals surface area contributed by atoms with E-state index in [9.17, 15) is 13.0 Å². The molecule has 0 fully saturated rings. The van der Waals surface area contributed by atoms with Crippen LogP contribution in [0.2, 0.25) is 0 Å². The summed E-state index contributed by atoms with van der Waals surface area (Å²) in [7, 11) is -1.34. The van der Waals surface area contributed by atoms with Crippen LogP contribution in [0.5, 0.6) is 5.75 Å². The van der Waals surface area contributed by atoms with Gasteiger partial charge in [0.15, 0.2) is 17.5 Å². The van der Waals surface area contributed by atoms with Gasteiger partial charge in [-0.05, 0) is 23.8 Å². The van der Waals surface area contributed by atoms with Crippen molar-refractivity contribution in [2.75, 3.05) is 18.7 Å². The third-order valence-corrected chi connectivity index (χ3v) is 4.56. The lowest BCUT2D eigenvalue weighted by molar-refractivity contribution is 0.408. The number of nitrogens with zero attached hydrogens (tertiary/aromatic N) is 3. The van der Waals surface area contributed by atoms with Gasteiger partial charge in [-0.2, -0.15) is 4.98 Å². The van der Waals surface area contributed by atoms with Crippen molar-refractivity contribution in [1.82, 2.24) is 15.0 Å². The van der Waals surface area contributed by atoms with Gasteiger partial charge in [-0.15, -0.1) is 0 Å². The normalized spacial score (nSPS) is 13.0. The highest BCUT2D eigenvalue weighted by atomic mass is 32.2. The van der Waals surface area contributed by atoms with E-state index < -0.39 is 21.4 Å². The number of rotatable bonds is 6. The number of anilines is 2. The third kappa shape index (κ3) is 4.77. The molecule has 0 aliphatic heterocycles. The largest absolute Gasteiger partial charge is 0.496 e. The minimum atomic E-state index is -2.67. The third-order valence-electron chi connectivity index (χ3n) is 3.68. The van der Waals surface area contributed by atoms with Crippen molar-refractivity contribution in [2.45, 2.75) is 5.75 Å². The van der Waals surface area contributed by atoms with Gasteiger partial charge in [0.1, 0.15) is 12.1 Å². The van der Waals surface area contributed by atoms with E-state index in [-0.39, 0.29) is 28.8 Å². The molecule has 0 aliphatic carbocycles. The average molecular weight is 405 g/mol. The van der Waals surface area contributed by atoms with E-state index in [2.05, 4.69) is 20.3 Å². The molecule has 0 saturated heterocycles. The van der Waals surface area contributed by atoms with E-state index in [0.29, 0.717) is 5.69 Å². The molecule has 0 saturated carbocycles. The predicted molar refractivity (Wildman–Crippen MR) is 102 cm³/mol. The SMILES string of the molecule is COc1cc(F)c(F)cc1-c1ncnc(Nc2cccc(CS(C)(=N)=O)c2)n1. The zero-order valence-electron chi connectivity index (χ0n) is 15.1.